The number of carboxylic acid groups (broad SMARTS) is 1. The van der Waals surface area contributed by atoms with Crippen molar-refractivity contribution in [2.75, 3.05) is 13.9 Å². The highest BCUT2D eigenvalue weighted by Gasteiger charge is 2.21. The van der Waals surface area contributed by atoms with E-state index in [0.29, 0.717) is 11.5 Å². The number of hydrogen-bond donors (Lipinski definition) is 1. The third-order valence-electron chi connectivity index (χ3n) is 4.03. The Labute approximate surface area is 162 Å². The SMILES string of the molecule is COCOc1ccc(-c2ccccc2)c(CSc2ccccc2)c1C(=O)O. The number of carboxylic acids is 1. The van der Waals surface area contributed by atoms with Crippen LogP contribution in [0.4, 0.5) is 0 Å². The monoisotopic (exact) mass is 380 g/mol. The Morgan fingerprint density at radius 3 is 2.26 bits per heavy atom. The molecule has 0 unspecified atom stereocenters. The summed E-state index contributed by atoms with van der Waals surface area (Å²) in [7, 11) is 1.50. The molecule has 0 saturated heterocycles. The Balaban J connectivity index is 2.07. The highest BCUT2D eigenvalue weighted by molar-refractivity contribution is 7.98. The fraction of sp³-hybridized carbons (Fsp3) is 0.136. The first-order valence-electron chi connectivity index (χ1n) is 8.45. The van der Waals surface area contributed by atoms with Crippen LogP contribution in [0, 0.1) is 0 Å². The Kier molecular flexibility index (Phi) is 6.52. The Morgan fingerprint density at radius 1 is 0.963 bits per heavy atom. The van der Waals surface area contributed by atoms with Crippen LogP contribution in [0.2, 0.25) is 0 Å². The van der Waals surface area contributed by atoms with E-state index in [1.54, 1.807) is 17.8 Å². The summed E-state index contributed by atoms with van der Waals surface area (Å²) in [5, 5.41) is 9.88. The minimum atomic E-state index is -1.01. The van der Waals surface area contributed by atoms with Crippen LogP contribution in [0.15, 0.2) is 77.7 Å². The van der Waals surface area contributed by atoms with Crippen LogP contribution in [0.1, 0.15) is 15.9 Å². The van der Waals surface area contributed by atoms with E-state index in [-0.39, 0.29) is 12.4 Å². The molecule has 0 aliphatic carbocycles. The number of hydrogen-bond acceptors (Lipinski definition) is 4. The normalized spacial score (nSPS) is 10.6. The predicted molar refractivity (Wildman–Crippen MR) is 107 cm³/mol. The van der Waals surface area contributed by atoms with Gasteiger partial charge in [-0.3, -0.25) is 0 Å². The second-order valence-electron chi connectivity index (χ2n) is 5.79. The molecule has 27 heavy (non-hydrogen) atoms. The quantitative estimate of drug-likeness (QED) is 0.423. The van der Waals surface area contributed by atoms with Crippen molar-refractivity contribution < 1.29 is 19.4 Å². The first-order chi connectivity index (χ1) is 13.2. The summed E-state index contributed by atoms with van der Waals surface area (Å²) in [5.74, 6) is -0.185. The maximum Gasteiger partial charge on any atom is 0.339 e. The molecule has 0 bridgehead atoms. The molecule has 0 aliphatic rings. The first-order valence-corrected chi connectivity index (χ1v) is 9.43. The number of carbonyl (C=O) groups is 1. The molecule has 0 heterocycles. The molecule has 138 valence electrons. The standard InChI is InChI=1S/C22H20O4S/c1-25-15-26-20-13-12-18(16-8-4-2-5-9-16)19(21(20)22(23)24)14-27-17-10-6-3-7-11-17/h2-13H,14-15H2,1H3,(H,23,24). The molecule has 0 fully saturated rings. The molecule has 4 nitrogen and oxygen atoms in total. The largest absolute Gasteiger partial charge is 0.478 e. The molecule has 1 N–H and O–H groups in total. The van der Waals surface area contributed by atoms with Gasteiger partial charge in [0.15, 0.2) is 6.79 Å². The summed E-state index contributed by atoms with van der Waals surface area (Å²) in [6.07, 6.45) is 0. The number of ether oxygens (including phenoxy) is 2. The van der Waals surface area contributed by atoms with Crippen LogP contribution >= 0.6 is 11.8 Å². The predicted octanol–water partition coefficient (Wildman–Crippen LogP) is 5.33. The van der Waals surface area contributed by atoms with Gasteiger partial charge in [-0.25, -0.2) is 4.79 Å². The van der Waals surface area contributed by atoms with Gasteiger partial charge in [0, 0.05) is 17.8 Å². The number of methoxy groups -OCH3 is 1. The minimum Gasteiger partial charge on any atom is -0.478 e. The van der Waals surface area contributed by atoms with Crippen molar-refractivity contribution in [2.24, 2.45) is 0 Å². The van der Waals surface area contributed by atoms with Crippen molar-refractivity contribution in [1.82, 2.24) is 0 Å². The zero-order valence-electron chi connectivity index (χ0n) is 14.9. The maximum atomic E-state index is 12.1. The van der Waals surface area contributed by atoms with E-state index in [4.69, 9.17) is 9.47 Å². The molecule has 3 aromatic carbocycles. The summed E-state index contributed by atoms with van der Waals surface area (Å²) >= 11 is 1.60. The number of thioether (sulfide) groups is 1. The fourth-order valence-corrected chi connectivity index (χ4v) is 3.77. The molecular weight excluding hydrogens is 360 g/mol. The van der Waals surface area contributed by atoms with Crippen LogP contribution in [0.5, 0.6) is 5.75 Å². The topological polar surface area (TPSA) is 55.8 Å². The maximum absolute atomic E-state index is 12.1. The lowest BCUT2D eigenvalue weighted by Crippen LogP contribution is -2.09. The zero-order valence-corrected chi connectivity index (χ0v) is 15.7. The van der Waals surface area contributed by atoms with Crippen molar-refractivity contribution >= 4 is 17.7 Å². The second kappa shape index (κ2) is 9.26. The highest BCUT2D eigenvalue weighted by atomic mass is 32.2. The molecule has 5 heteroatoms. The molecule has 0 aromatic heterocycles. The Bertz CT molecular complexity index is 895. The summed E-state index contributed by atoms with van der Waals surface area (Å²) in [6.45, 7) is -0.00374. The molecule has 0 amide bonds. The van der Waals surface area contributed by atoms with Crippen molar-refractivity contribution in [3.05, 3.63) is 83.9 Å². The van der Waals surface area contributed by atoms with Crippen molar-refractivity contribution in [1.29, 1.82) is 0 Å². The van der Waals surface area contributed by atoms with Gasteiger partial charge in [0.25, 0.3) is 0 Å². The minimum absolute atomic E-state index is 0.00374. The van der Waals surface area contributed by atoms with E-state index >= 15 is 0 Å². The Hall–Kier alpha value is -2.76. The molecular formula is C22H20O4S. The van der Waals surface area contributed by atoms with Crippen LogP contribution in [0.25, 0.3) is 11.1 Å². The van der Waals surface area contributed by atoms with Gasteiger partial charge < -0.3 is 14.6 Å². The fourth-order valence-electron chi connectivity index (χ4n) is 2.81. The molecule has 0 radical (unpaired) electrons. The zero-order chi connectivity index (χ0) is 19.1. The summed E-state index contributed by atoms with van der Waals surface area (Å²) in [6, 6.07) is 23.3. The number of benzene rings is 3. The first kappa shape index (κ1) is 19.0. The van der Waals surface area contributed by atoms with Gasteiger partial charge in [-0.2, -0.15) is 0 Å². The van der Waals surface area contributed by atoms with E-state index in [9.17, 15) is 9.90 Å². The van der Waals surface area contributed by atoms with Crippen LogP contribution in [-0.2, 0) is 10.5 Å². The van der Waals surface area contributed by atoms with E-state index < -0.39 is 5.97 Å². The summed E-state index contributed by atoms with van der Waals surface area (Å²) < 4.78 is 10.5. The molecule has 3 rings (SSSR count). The van der Waals surface area contributed by atoms with Crippen LogP contribution in [-0.4, -0.2) is 25.0 Å². The lowest BCUT2D eigenvalue weighted by Gasteiger charge is -2.17. The van der Waals surface area contributed by atoms with E-state index in [2.05, 4.69) is 0 Å². The summed E-state index contributed by atoms with van der Waals surface area (Å²) in [5.41, 5.74) is 2.77. The van der Waals surface area contributed by atoms with Crippen LogP contribution < -0.4 is 4.74 Å². The third-order valence-corrected chi connectivity index (χ3v) is 5.07. The van der Waals surface area contributed by atoms with Crippen molar-refractivity contribution in [3.8, 4) is 16.9 Å². The van der Waals surface area contributed by atoms with Gasteiger partial charge >= 0.3 is 5.97 Å². The van der Waals surface area contributed by atoms with E-state index in [0.717, 1.165) is 21.6 Å². The highest BCUT2D eigenvalue weighted by Crippen LogP contribution is 2.36. The molecule has 0 saturated carbocycles. The average molecular weight is 380 g/mol. The summed E-state index contributed by atoms with van der Waals surface area (Å²) in [4.78, 5) is 13.2. The van der Waals surface area contributed by atoms with Crippen molar-refractivity contribution in [2.45, 2.75) is 10.6 Å². The molecule has 0 spiro atoms. The third kappa shape index (κ3) is 4.70. The van der Waals surface area contributed by atoms with Crippen LogP contribution in [0.3, 0.4) is 0 Å². The molecule has 0 atom stereocenters. The van der Waals surface area contributed by atoms with Gasteiger partial charge in [-0.05, 0) is 34.9 Å². The van der Waals surface area contributed by atoms with Gasteiger partial charge in [0.2, 0.25) is 0 Å². The second-order valence-corrected chi connectivity index (χ2v) is 6.84. The smallest absolute Gasteiger partial charge is 0.339 e. The number of aromatic carboxylic acids is 1. The van der Waals surface area contributed by atoms with Gasteiger partial charge in [0.1, 0.15) is 11.3 Å². The Morgan fingerprint density at radius 2 is 1.63 bits per heavy atom. The van der Waals surface area contributed by atoms with Gasteiger partial charge in [-0.15, -0.1) is 11.8 Å². The van der Waals surface area contributed by atoms with E-state index in [1.165, 1.54) is 7.11 Å². The van der Waals surface area contributed by atoms with Gasteiger partial charge in [0.05, 0.1) is 0 Å². The average Bonchev–Trinajstić information content (AvgIpc) is 2.71. The van der Waals surface area contributed by atoms with Gasteiger partial charge in [-0.1, -0.05) is 54.6 Å². The lowest BCUT2D eigenvalue weighted by molar-refractivity contribution is 0.0483. The molecule has 3 aromatic rings. The lowest BCUT2D eigenvalue weighted by atomic mass is 9.95. The number of rotatable bonds is 8. The molecule has 0 aliphatic heterocycles. The van der Waals surface area contributed by atoms with E-state index in [1.807, 2.05) is 66.7 Å². The van der Waals surface area contributed by atoms with Crippen molar-refractivity contribution in [3.63, 3.8) is 0 Å².